The summed E-state index contributed by atoms with van der Waals surface area (Å²) in [6, 6.07) is 6.82. The summed E-state index contributed by atoms with van der Waals surface area (Å²) in [7, 11) is -1.44. The van der Waals surface area contributed by atoms with Crippen LogP contribution in [0.25, 0.3) is 0 Å². The monoisotopic (exact) mass is 379 g/mol. The van der Waals surface area contributed by atoms with Gasteiger partial charge in [0.05, 0.1) is 16.5 Å². The van der Waals surface area contributed by atoms with Crippen molar-refractivity contribution in [1.82, 2.24) is 10.6 Å². The van der Waals surface area contributed by atoms with Gasteiger partial charge in [0.15, 0.2) is 15.8 Å². The van der Waals surface area contributed by atoms with Crippen molar-refractivity contribution in [1.29, 1.82) is 0 Å². The molecule has 0 saturated carbocycles. The molecule has 0 aromatic heterocycles. The number of nitrogens with one attached hydrogen (secondary N) is 2. The van der Waals surface area contributed by atoms with Gasteiger partial charge in [-0.15, -0.1) is 0 Å². The first-order chi connectivity index (χ1) is 12.1. The van der Waals surface area contributed by atoms with Crippen molar-refractivity contribution in [2.24, 2.45) is 4.99 Å². The van der Waals surface area contributed by atoms with Crippen LogP contribution in [-0.4, -0.2) is 38.5 Å². The van der Waals surface area contributed by atoms with E-state index in [0.29, 0.717) is 12.5 Å². The highest BCUT2D eigenvalue weighted by molar-refractivity contribution is 7.92. The van der Waals surface area contributed by atoms with Crippen molar-refractivity contribution in [3.8, 4) is 0 Å². The van der Waals surface area contributed by atoms with Crippen LogP contribution in [0.15, 0.2) is 23.2 Å². The van der Waals surface area contributed by atoms with Gasteiger partial charge in [-0.3, -0.25) is 4.99 Å². The van der Waals surface area contributed by atoms with Gasteiger partial charge in [-0.2, -0.15) is 0 Å². The topological polar surface area (TPSA) is 70.6 Å². The summed E-state index contributed by atoms with van der Waals surface area (Å²) in [5.41, 5.74) is 4.17. The number of aliphatic imine (C=N–C) groups is 1. The lowest BCUT2D eigenvalue weighted by atomic mass is 9.89. The second-order valence-corrected chi connectivity index (χ2v) is 10.9. The molecule has 1 aromatic rings. The maximum atomic E-state index is 12.2. The second kappa shape index (κ2) is 8.42. The summed E-state index contributed by atoms with van der Waals surface area (Å²) >= 11 is 0. The molecule has 1 aromatic carbocycles. The standard InChI is InChI=1S/C20H33N3O2S/c1-15(17-11-10-16-8-6-7-9-18(16)14-17)23-19(21-5)22-12-13-26(24,25)20(2,3)4/h10-11,14-15H,6-9,12-13H2,1-5H3,(H2,21,22,23). The molecule has 0 radical (unpaired) electrons. The predicted octanol–water partition coefficient (Wildman–Crippen LogP) is 3.00. The lowest BCUT2D eigenvalue weighted by Crippen LogP contribution is -2.42. The molecule has 26 heavy (non-hydrogen) atoms. The number of sulfone groups is 1. The molecule has 0 saturated heterocycles. The Kier molecular flexibility index (Phi) is 6.72. The number of benzene rings is 1. The fourth-order valence-electron chi connectivity index (χ4n) is 3.12. The van der Waals surface area contributed by atoms with Crippen LogP contribution in [0.3, 0.4) is 0 Å². The number of fused-ring (bicyclic) bond motifs is 1. The zero-order valence-corrected chi connectivity index (χ0v) is 17.5. The van der Waals surface area contributed by atoms with Crippen molar-refractivity contribution in [3.63, 3.8) is 0 Å². The molecule has 0 bridgehead atoms. The summed E-state index contributed by atoms with van der Waals surface area (Å²) in [5, 5.41) is 6.48. The molecular weight excluding hydrogens is 346 g/mol. The van der Waals surface area contributed by atoms with E-state index in [-0.39, 0.29) is 11.8 Å². The van der Waals surface area contributed by atoms with Crippen LogP contribution in [-0.2, 0) is 22.7 Å². The highest BCUT2D eigenvalue weighted by atomic mass is 32.2. The molecule has 2 rings (SSSR count). The fourth-order valence-corrected chi connectivity index (χ4v) is 4.10. The van der Waals surface area contributed by atoms with E-state index in [1.54, 1.807) is 27.8 Å². The van der Waals surface area contributed by atoms with Gasteiger partial charge in [0.2, 0.25) is 0 Å². The van der Waals surface area contributed by atoms with E-state index in [9.17, 15) is 8.42 Å². The van der Waals surface area contributed by atoms with E-state index in [4.69, 9.17) is 0 Å². The SMILES string of the molecule is CN=C(NCCS(=O)(=O)C(C)(C)C)NC(C)c1ccc2c(c1)CCCC2. The highest BCUT2D eigenvalue weighted by Gasteiger charge is 2.28. The van der Waals surface area contributed by atoms with Crippen molar-refractivity contribution in [2.75, 3.05) is 19.3 Å². The first-order valence-electron chi connectivity index (χ1n) is 9.45. The Labute approximate surface area is 158 Å². The molecule has 0 spiro atoms. The summed E-state index contributed by atoms with van der Waals surface area (Å²) in [6.45, 7) is 7.63. The van der Waals surface area contributed by atoms with Crippen LogP contribution in [0, 0.1) is 0 Å². The Hall–Kier alpha value is -1.56. The minimum absolute atomic E-state index is 0.0877. The molecule has 1 aliphatic carbocycles. The molecule has 146 valence electrons. The highest BCUT2D eigenvalue weighted by Crippen LogP contribution is 2.24. The third-order valence-corrected chi connectivity index (χ3v) is 7.65. The maximum Gasteiger partial charge on any atom is 0.191 e. The first-order valence-corrected chi connectivity index (χ1v) is 11.1. The molecule has 0 aliphatic heterocycles. The Morgan fingerprint density at radius 2 is 1.85 bits per heavy atom. The quantitative estimate of drug-likeness (QED) is 0.609. The fraction of sp³-hybridized carbons (Fsp3) is 0.650. The van der Waals surface area contributed by atoms with Gasteiger partial charge >= 0.3 is 0 Å². The summed E-state index contributed by atoms with van der Waals surface area (Å²) < 4.78 is 23.7. The largest absolute Gasteiger partial charge is 0.355 e. The van der Waals surface area contributed by atoms with Crippen LogP contribution < -0.4 is 10.6 Å². The van der Waals surface area contributed by atoms with Gasteiger partial charge in [-0.1, -0.05) is 18.2 Å². The van der Waals surface area contributed by atoms with E-state index in [0.717, 1.165) is 6.42 Å². The average molecular weight is 380 g/mol. The van der Waals surface area contributed by atoms with E-state index >= 15 is 0 Å². The Bertz CT molecular complexity index is 749. The Morgan fingerprint density at radius 1 is 1.19 bits per heavy atom. The molecule has 1 atom stereocenters. The molecule has 1 aliphatic rings. The third kappa shape index (κ3) is 5.22. The van der Waals surface area contributed by atoms with Gasteiger partial charge in [-0.25, -0.2) is 8.42 Å². The van der Waals surface area contributed by atoms with Gasteiger partial charge in [0, 0.05) is 13.6 Å². The van der Waals surface area contributed by atoms with Crippen LogP contribution in [0.4, 0.5) is 0 Å². The second-order valence-electron chi connectivity index (χ2n) is 8.03. The van der Waals surface area contributed by atoms with Crippen molar-refractivity contribution in [2.45, 2.75) is 64.2 Å². The maximum absolute atomic E-state index is 12.2. The summed E-state index contributed by atoms with van der Waals surface area (Å²) in [4.78, 5) is 4.22. The van der Waals surface area contributed by atoms with E-state index in [2.05, 4.69) is 40.7 Å². The molecule has 1 unspecified atom stereocenters. The molecule has 0 amide bonds. The first kappa shape index (κ1) is 20.7. The molecule has 2 N–H and O–H groups in total. The molecular formula is C20H33N3O2S. The number of hydrogen-bond donors (Lipinski definition) is 2. The number of hydrogen-bond acceptors (Lipinski definition) is 3. The van der Waals surface area contributed by atoms with Crippen molar-refractivity contribution >= 4 is 15.8 Å². The normalized spacial score (nSPS) is 16.7. The van der Waals surface area contributed by atoms with Crippen molar-refractivity contribution in [3.05, 3.63) is 34.9 Å². The molecule has 0 fully saturated rings. The Balaban J connectivity index is 1.93. The average Bonchev–Trinajstić information content (AvgIpc) is 2.59. The number of guanidine groups is 1. The molecule has 5 nitrogen and oxygen atoms in total. The predicted molar refractivity (Wildman–Crippen MR) is 110 cm³/mol. The van der Waals surface area contributed by atoms with E-state index in [1.807, 2.05) is 0 Å². The van der Waals surface area contributed by atoms with Gasteiger partial charge in [0.25, 0.3) is 0 Å². The smallest absolute Gasteiger partial charge is 0.191 e. The number of nitrogens with zero attached hydrogens (tertiary/aromatic N) is 1. The van der Waals surface area contributed by atoms with Gasteiger partial charge in [0.1, 0.15) is 0 Å². The zero-order valence-electron chi connectivity index (χ0n) is 16.7. The minimum Gasteiger partial charge on any atom is -0.355 e. The minimum atomic E-state index is -3.14. The lowest BCUT2D eigenvalue weighted by Gasteiger charge is -2.22. The van der Waals surface area contributed by atoms with Crippen LogP contribution in [0.5, 0.6) is 0 Å². The van der Waals surface area contributed by atoms with Crippen LogP contribution in [0.2, 0.25) is 0 Å². The number of aryl methyl sites for hydroxylation is 2. The summed E-state index contributed by atoms with van der Waals surface area (Å²) in [6.07, 6.45) is 4.90. The van der Waals surface area contributed by atoms with Crippen LogP contribution in [0.1, 0.15) is 63.3 Å². The third-order valence-electron chi connectivity index (χ3n) is 5.05. The van der Waals surface area contributed by atoms with Crippen molar-refractivity contribution < 1.29 is 8.42 Å². The van der Waals surface area contributed by atoms with Gasteiger partial charge in [-0.05, 0) is 70.1 Å². The molecule has 0 heterocycles. The lowest BCUT2D eigenvalue weighted by molar-refractivity contribution is 0.558. The zero-order chi connectivity index (χ0) is 19.4. The van der Waals surface area contributed by atoms with Crippen LogP contribution >= 0.6 is 0 Å². The van der Waals surface area contributed by atoms with E-state index in [1.165, 1.54) is 36.0 Å². The molecule has 6 heteroatoms. The summed E-state index contributed by atoms with van der Waals surface area (Å²) in [5.74, 6) is 0.712. The van der Waals surface area contributed by atoms with Gasteiger partial charge < -0.3 is 10.6 Å². The van der Waals surface area contributed by atoms with E-state index < -0.39 is 14.6 Å². The Morgan fingerprint density at radius 3 is 2.46 bits per heavy atom. The number of rotatable bonds is 5.